The summed E-state index contributed by atoms with van der Waals surface area (Å²) in [7, 11) is -4.09. The summed E-state index contributed by atoms with van der Waals surface area (Å²) < 4.78 is 28.7. The average molecular weight is 195 g/mol. The molecule has 0 radical (unpaired) electrons. The number of carbonyl (C=O) groups is 1. The molecule has 0 saturated carbocycles. The molecule has 12 heavy (non-hydrogen) atoms. The second-order valence-electron chi connectivity index (χ2n) is 2.58. The van der Waals surface area contributed by atoms with Crippen LogP contribution in [0.4, 0.5) is 0 Å². The van der Waals surface area contributed by atoms with Gasteiger partial charge < -0.3 is 5.32 Å². The summed E-state index contributed by atoms with van der Waals surface area (Å²) in [4.78, 5) is 10.9. The lowest BCUT2D eigenvalue weighted by atomic mass is 10.1. The van der Waals surface area contributed by atoms with Crippen LogP contribution in [-0.4, -0.2) is 24.8 Å². The second-order valence-corrected chi connectivity index (χ2v) is 4.03. The molecule has 2 N–H and O–H groups in total. The molecule has 5 nitrogen and oxygen atoms in total. The van der Waals surface area contributed by atoms with E-state index in [0.29, 0.717) is 6.42 Å². The molecule has 0 aromatic heterocycles. The van der Waals surface area contributed by atoms with Gasteiger partial charge in [-0.2, -0.15) is 8.42 Å². The molecule has 0 bridgehead atoms. The van der Waals surface area contributed by atoms with Crippen LogP contribution < -0.4 is 5.32 Å². The fraction of sp³-hybridized carbons (Fsp3) is 0.833. The fourth-order valence-corrected chi connectivity index (χ4v) is 0.847. The van der Waals surface area contributed by atoms with Crippen LogP contribution >= 0.6 is 0 Å². The first-order chi connectivity index (χ1) is 5.37. The Bertz CT molecular complexity index is 246. The molecule has 0 spiro atoms. The van der Waals surface area contributed by atoms with Gasteiger partial charge in [-0.05, 0) is 6.42 Å². The maximum atomic E-state index is 10.9. The molecule has 1 atom stereocenters. The molecular formula is C6H13NO4S. The third-order valence-electron chi connectivity index (χ3n) is 1.49. The lowest BCUT2D eigenvalue weighted by molar-refractivity contribution is -0.124. The van der Waals surface area contributed by atoms with Crippen molar-refractivity contribution in [3.8, 4) is 0 Å². The van der Waals surface area contributed by atoms with E-state index in [1.165, 1.54) is 0 Å². The van der Waals surface area contributed by atoms with Gasteiger partial charge in [-0.1, -0.05) is 13.8 Å². The highest BCUT2D eigenvalue weighted by Gasteiger charge is 2.12. The highest BCUT2D eigenvalue weighted by atomic mass is 32.2. The maximum Gasteiger partial charge on any atom is 0.283 e. The summed E-state index contributed by atoms with van der Waals surface area (Å²) in [5, 5.41) is 2.10. The van der Waals surface area contributed by atoms with Crippen molar-refractivity contribution in [2.24, 2.45) is 5.92 Å². The van der Waals surface area contributed by atoms with E-state index < -0.39 is 16.0 Å². The molecule has 1 amide bonds. The Hall–Kier alpha value is -0.620. The molecule has 0 aromatic rings. The van der Waals surface area contributed by atoms with Crippen LogP contribution in [0.2, 0.25) is 0 Å². The Morgan fingerprint density at radius 1 is 1.58 bits per heavy atom. The Morgan fingerprint density at radius 2 is 2.08 bits per heavy atom. The van der Waals surface area contributed by atoms with E-state index in [2.05, 4.69) is 5.32 Å². The lowest BCUT2D eigenvalue weighted by Gasteiger charge is -2.07. The Morgan fingerprint density at radius 3 is 2.42 bits per heavy atom. The first-order valence-electron chi connectivity index (χ1n) is 3.59. The summed E-state index contributed by atoms with van der Waals surface area (Å²) in [6.45, 7) is 3.50. The highest BCUT2D eigenvalue weighted by molar-refractivity contribution is 7.85. The summed E-state index contributed by atoms with van der Waals surface area (Å²) in [6.07, 6.45) is 0.636. The molecule has 0 aliphatic rings. The third kappa shape index (κ3) is 5.09. The van der Waals surface area contributed by atoms with E-state index in [-0.39, 0.29) is 11.8 Å². The molecule has 0 fully saturated rings. The Labute approximate surface area is 71.9 Å². The van der Waals surface area contributed by atoms with Gasteiger partial charge in [-0.15, -0.1) is 0 Å². The highest BCUT2D eigenvalue weighted by Crippen LogP contribution is 1.99. The number of amides is 1. The molecule has 0 heterocycles. The van der Waals surface area contributed by atoms with Gasteiger partial charge in [0.15, 0.2) is 0 Å². The van der Waals surface area contributed by atoms with Crippen molar-refractivity contribution >= 4 is 16.0 Å². The van der Waals surface area contributed by atoms with E-state index in [1.807, 2.05) is 6.92 Å². The number of carbonyl (C=O) groups excluding carboxylic acids is 1. The van der Waals surface area contributed by atoms with Crippen molar-refractivity contribution in [1.82, 2.24) is 5.32 Å². The molecule has 0 aliphatic carbocycles. The number of hydrogen-bond acceptors (Lipinski definition) is 3. The van der Waals surface area contributed by atoms with Crippen molar-refractivity contribution in [3.05, 3.63) is 0 Å². The topological polar surface area (TPSA) is 83.5 Å². The van der Waals surface area contributed by atoms with Gasteiger partial charge in [0.1, 0.15) is 5.88 Å². The second kappa shape index (κ2) is 4.42. The molecule has 0 aromatic carbocycles. The van der Waals surface area contributed by atoms with Crippen molar-refractivity contribution < 1.29 is 17.8 Å². The quantitative estimate of drug-likeness (QED) is 0.618. The van der Waals surface area contributed by atoms with Crippen molar-refractivity contribution in [3.63, 3.8) is 0 Å². The van der Waals surface area contributed by atoms with Gasteiger partial charge in [-0.25, -0.2) is 0 Å². The van der Waals surface area contributed by atoms with Gasteiger partial charge in [0.25, 0.3) is 10.1 Å². The van der Waals surface area contributed by atoms with Crippen molar-refractivity contribution in [2.75, 3.05) is 5.88 Å². The van der Waals surface area contributed by atoms with Crippen molar-refractivity contribution in [2.45, 2.75) is 20.3 Å². The molecule has 1 unspecified atom stereocenters. The smallest absolute Gasteiger partial charge is 0.283 e. The monoisotopic (exact) mass is 195 g/mol. The SMILES string of the molecule is CCC(C)C(=O)NCS(=O)(=O)O. The van der Waals surface area contributed by atoms with E-state index >= 15 is 0 Å². The molecule has 72 valence electrons. The van der Waals surface area contributed by atoms with Crippen LogP contribution in [0, 0.1) is 5.92 Å². The predicted octanol–water partition coefficient (Wildman–Crippen LogP) is -0.00600. The maximum absolute atomic E-state index is 10.9. The van der Waals surface area contributed by atoms with Crippen LogP contribution in [0.3, 0.4) is 0 Å². The van der Waals surface area contributed by atoms with E-state index in [4.69, 9.17) is 4.55 Å². The summed E-state index contributed by atoms with van der Waals surface area (Å²) in [5.41, 5.74) is 0. The Balaban J connectivity index is 3.88. The van der Waals surface area contributed by atoms with Crippen LogP contribution in [0.1, 0.15) is 20.3 Å². The normalized spacial score (nSPS) is 13.9. The van der Waals surface area contributed by atoms with Gasteiger partial charge >= 0.3 is 0 Å². The first kappa shape index (κ1) is 11.4. The molecule has 6 heteroatoms. The van der Waals surface area contributed by atoms with Crippen LogP contribution in [0.5, 0.6) is 0 Å². The summed E-state index contributed by atoms with van der Waals surface area (Å²) in [5.74, 6) is -1.31. The predicted molar refractivity (Wildman–Crippen MR) is 44.0 cm³/mol. The van der Waals surface area contributed by atoms with Crippen LogP contribution in [0.15, 0.2) is 0 Å². The van der Waals surface area contributed by atoms with E-state index in [0.717, 1.165) is 0 Å². The van der Waals surface area contributed by atoms with Gasteiger partial charge in [-0.3, -0.25) is 9.35 Å². The molecule has 0 aliphatic heterocycles. The zero-order valence-corrected chi connectivity index (χ0v) is 7.89. The minimum atomic E-state index is -4.09. The molecule has 0 saturated heterocycles. The van der Waals surface area contributed by atoms with Gasteiger partial charge in [0.05, 0.1) is 0 Å². The average Bonchev–Trinajstić information content (AvgIpc) is 1.97. The van der Waals surface area contributed by atoms with Gasteiger partial charge in [0, 0.05) is 5.92 Å². The lowest BCUT2D eigenvalue weighted by Crippen LogP contribution is -2.33. The summed E-state index contributed by atoms with van der Waals surface area (Å²) >= 11 is 0. The largest absolute Gasteiger partial charge is 0.340 e. The van der Waals surface area contributed by atoms with E-state index in [1.54, 1.807) is 6.92 Å². The minimum Gasteiger partial charge on any atom is -0.340 e. The molecule has 0 rings (SSSR count). The first-order valence-corrected chi connectivity index (χ1v) is 5.20. The van der Waals surface area contributed by atoms with Gasteiger partial charge in [0.2, 0.25) is 5.91 Å². The number of hydrogen-bond donors (Lipinski definition) is 2. The zero-order valence-electron chi connectivity index (χ0n) is 7.07. The fourth-order valence-electron chi connectivity index (χ4n) is 0.522. The summed E-state index contributed by atoms with van der Waals surface area (Å²) in [6, 6.07) is 0. The van der Waals surface area contributed by atoms with E-state index in [9.17, 15) is 13.2 Å². The standard InChI is InChI=1S/C6H13NO4S/c1-3-5(2)6(8)7-4-12(9,10)11/h5H,3-4H2,1-2H3,(H,7,8)(H,9,10,11). The minimum absolute atomic E-state index is 0.230. The number of nitrogens with one attached hydrogen (secondary N) is 1. The van der Waals surface area contributed by atoms with Crippen molar-refractivity contribution in [1.29, 1.82) is 0 Å². The molecular weight excluding hydrogens is 182 g/mol. The third-order valence-corrected chi connectivity index (χ3v) is 2.00. The zero-order chi connectivity index (χ0) is 9.78. The number of rotatable bonds is 4. The van der Waals surface area contributed by atoms with Crippen LogP contribution in [-0.2, 0) is 14.9 Å². The Kier molecular flexibility index (Phi) is 4.19. The van der Waals surface area contributed by atoms with Crippen LogP contribution in [0.25, 0.3) is 0 Å².